The Balaban J connectivity index is 1.43. The predicted octanol–water partition coefficient (Wildman–Crippen LogP) is 3.47. The topological polar surface area (TPSA) is 88.9 Å². The molecule has 2 heterocycles. The molecule has 3 aliphatic rings. The summed E-state index contributed by atoms with van der Waals surface area (Å²) in [6.07, 6.45) is 2.15. The van der Waals surface area contributed by atoms with Gasteiger partial charge in [-0.05, 0) is 49.9 Å². The number of hydrogen-bond acceptors (Lipinski definition) is 6. The Morgan fingerprint density at radius 2 is 1.61 bits per heavy atom. The molecule has 0 unspecified atom stereocenters. The van der Waals surface area contributed by atoms with E-state index in [9.17, 15) is 14.9 Å². The third-order valence-electron chi connectivity index (χ3n) is 6.60. The quantitative estimate of drug-likeness (QED) is 0.709. The lowest BCUT2D eigenvalue weighted by atomic mass is 9.68. The van der Waals surface area contributed by atoms with Gasteiger partial charge in [0.15, 0.2) is 11.5 Å². The van der Waals surface area contributed by atoms with Gasteiger partial charge in [0.25, 0.3) is 11.8 Å². The van der Waals surface area contributed by atoms with E-state index >= 15 is 0 Å². The van der Waals surface area contributed by atoms with E-state index in [4.69, 9.17) is 14.2 Å². The molecule has 0 atom stereocenters. The SMILES string of the molecule is COc1ccc([C@]2(C#N)CC[C@H](N3C(=O)c4ccccc4C3=O)CC2)c2c1OCCO2. The molecule has 2 amide bonds. The van der Waals surface area contributed by atoms with Crippen LogP contribution in [0.1, 0.15) is 52.0 Å². The fourth-order valence-electron chi connectivity index (χ4n) is 4.98. The molecule has 31 heavy (non-hydrogen) atoms. The number of carbonyl (C=O) groups is 2. The number of rotatable bonds is 3. The van der Waals surface area contributed by atoms with Gasteiger partial charge in [0, 0.05) is 11.6 Å². The Hall–Kier alpha value is -3.53. The summed E-state index contributed by atoms with van der Waals surface area (Å²) in [4.78, 5) is 27.1. The normalized spacial score (nSPS) is 24.5. The largest absolute Gasteiger partial charge is 0.493 e. The molecule has 7 nitrogen and oxygen atoms in total. The third-order valence-corrected chi connectivity index (χ3v) is 6.60. The molecule has 2 aromatic carbocycles. The monoisotopic (exact) mass is 418 g/mol. The molecule has 0 bridgehead atoms. The molecule has 0 spiro atoms. The van der Waals surface area contributed by atoms with Crippen molar-refractivity contribution in [2.45, 2.75) is 37.1 Å². The molecule has 0 N–H and O–H groups in total. The second-order valence-corrected chi connectivity index (χ2v) is 8.12. The van der Waals surface area contributed by atoms with Crippen LogP contribution in [0.4, 0.5) is 0 Å². The molecule has 0 saturated heterocycles. The van der Waals surface area contributed by atoms with Gasteiger partial charge < -0.3 is 14.2 Å². The van der Waals surface area contributed by atoms with Crippen LogP contribution in [0, 0.1) is 11.3 Å². The Labute approximate surface area is 180 Å². The molecule has 158 valence electrons. The van der Waals surface area contributed by atoms with Gasteiger partial charge in [-0.2, -0.15) is 5.26 Å². The first kappa shape index (κ1) is 19.4. The van der Waals surface area contributed by atoms with Gasteiger partial charge in [0.2, 0.25) is 5.75 Å². The van der Waals surface area contributed by atoms with Gasteiger partial charge in [-0.25, -0.2) is 0 Å². The Morgan fingerprint density at radius 1 is 1.00 bits per heavy atom. The smallest absolute Gasteiger partial charge is 0.261 e. The van der Waals surface area contributed by atoms with E-state index in [1.165, 1.54) is 4.90 Å². The van der Waals surface area contributed by atoms with Crippen molar-refractivity contribution in [1.29, 1.82) is 5.26 Å². The van der Waals surface area contributed by atoms with Crippen molar-refractivity contribution in [1.82, 2.24) is 4.90 Å². The van der Waals surface area contributed by atoms with Gasteiger partial charge in [0.05, 0.1) is 29.7 Å². The zero-order valence-electron chi connectivity index (χ0n) is 17.2. The fourth-order valence-corrected chi connectivity index (χ4v) is 4.98. The maximum absolute atomic E-state index is 12.9. The Kier molecular flexibility index (Phi) is 4.58. The van der Waals surface area contributed by atoms with Crippen molar-refractivity contribution in [2.75, 3.05) is 20.3 Å². The van der Waals surface area contributed by atoms with Crippen molar-refractivity contribution in [3.05, 3.63) is 53.1 Å². The van der Waals surface area contributed by atoms with Gasteiger partial charge in [-0.15, -0.1) is 0 Å². The highest BCUT2D eigenvalue weighted by atomic mass is 16.6. The lowest BCUT2D eigenvalue weighted by molar-refractivity contribution is 0.0529. The number of imide groups is 1. The van der Waals surface area contributed by atoms with Crippen LogP contribution in [0.2, 0.25) is 0 Å². The highest BCUT2D eigenvalue weighted by Crippen LogP contribution is 2.51. The molecule has 7 heteroatoms. The Bertz CT molecular complexity index is 1080. The molecular weight excluding hydrogens is 396 g/mol. The van der Waals surface area contributed by atoms with Crippen LogP contribution in [0.25, 0.3) is 0 Å². The zero-order chi connectivity index (χ0) is 21.6. The van der Waals surface area contributed by atoms with E-state index in [0.29, 0.717) is 67.3 Å². The Morgan fingerprint density at radius 3 is 2.19 bits per heavy atom. The number of benzene rings is 2. The minimum absolute atomic E-state index is 0.222. The number of methoxy groups -OCH3 is 1. The zero-order valence-corrected chi connectivity index (χ0v) is 17.2. The van der Waals surface area contributed by atoms with Crippen LogP contribution in [0.15, 0.2) is 36.4 Å². The minimum atomic E-state index is -0.772. The number of fused-ring (bicyclic) bond motifs is 2. The second-order valence-electron chi connectivity index (χ2n) is 8.12. The maximum Gasteiger partial charge on any atom is 0.261 e. The maximum atomic E-state index is 12.9. The molecular formula is C24H22N2O5. The second kappa shape index (κ2) is 7.31. The standard InChI is InChI=1S/C24H22N2O5/c1-29-19-7-6-18(20-21(19)31-13-12-30-20)24(14-25)10-8-15(9-11-24)26-22(27)16-4-2-3-5-17(16)23(26)28/h2-7,15H,8-13H2,1H3/t15-,24+. The summed E-state index contributed by atoms with van der Waals surface area (Å²) < 4.78 is 17.1. The van der Waals surface area contributed by atoms with Crippen molar-refractivity contribution < 1.29 is 23.8 Å². The lowest BCUT2D eigenvalue weighted by Gasteiger charge is -2.39. The highest BCUT2D eigenvalue weighted by molar-refractivity contribution is 6.21. The van der Waals surface area contributed by atoms with E-state index < -0.39 is 5.41 Å². The van der Waals surface area contributed by atoms with Gasteiger partial charge >= 0.3 is 0 Å². The summed E-state index contributed by atoms with van der Waals surface area (Å²) in [7, 11) is 1.57. The van der Waals surface area contributed by atoms with E-state index in [1.807, 2.05) is 6.07 Å². The van der Waals surface area contributed by atoms with Gasteiger partial charge in [-0.1, -0.05) is 12.1 Å². The van der Waals surface area contributed by atoms with Crippen LogP contribution < -0.4 is 14.2 Å². The summed E-state index contributed by atoms with van der Waals surface area (Å²) in [6.45, 7) is 0.834. The first-order valence-corrected chi connectivity index (χ1v) is 10.4. The van der Waals surface area contributed by atoms with Crippen molar-refractivity contribution in [3.63, 3.8) is 0 Å². The number of amides is 2. The molecule has 5 rings (SSSR count). The van der Waals surface area contributed by atoms with Crippen molar-refractivity contribution >= 4 is 11.8 Å². The van der Waals surface area contributed by atoms with E-state index in [0.717, 1.165) is 5.56 Å². The summed E-state index contributed by atoms with van der Waals surface area (Å²) in [5.74, 6) is 1.18. The van der Waals surface area contributed by atoms with Crippen molar-refractivity contribution in [2.24, 2.45) is 0 Å². The molecule has 2 aliphatic heterocycles. The summed E-state index contributed by atoms with van der Waals surface area (Å²) in [5.41, 5.74) is 0.928. The first-order valence-electron chi connectivity index (χ1n) is 10.4. The predicted molar refractivity (Wildman–Crippen MR) is 110 cm³/mol. The minimum Gasteiger partial charge on any atom is -0.493 e. The molecule has 1 saturated carbocycles. The molecule has 2 aromatic rings. The summed E-state index contributed by atoms with van der Waals surface area (Å²) in [5, 5.41) is 10.2. The summed E-state index contributed by atoms with van der Waals surface area (Å²) >= 11 is 0. The number of nitriles is 1. The van der Waals surface area contributed by atoms with Crippen LogP contribution >= 0.6 is 0 Å². The molecule has 0 aromatic heterocycles. The van der Waals surface area contributed by atoms with E-state index in [-0.39, 0.29) is 17.9 Å². The average Bonchev–Trinajstić information content (AvgIpc) is 3.08. The number of nitrogens with zero attached hydrogens (tertiary/aromatic N) is 2. The number of hydrogen-bond donors (Lipinski definition) is 0. The van der Waals surface area contributed by atoms with Crippen LogP contribution in [0.5, 0.6) is 17.2 Å². The van der Waals surface area contributed by atoms with Crippen LogP contribution in [0.3, 0.4) is 0 Å². The first-order chi connectivity index (χ1) is 15.1. The molecule has 1 aliphatic carbocycles. The van der Waals surface area contributed by atoms with Gasteiger partial charge in [-0.3, -0.25) is 14.5 Å². The highest BCUT2D eigenvalue weighted by Gasteiger charge is 2.46. The number of carbonyl (C=O) groups excluding carboxylic acids is 2. The van der Waals surface area contributed by atoms with Crippen LogP contribution in [-0.4, -0.2) is 43.1 Å². The van der Waals surface area contributed by atoms with Crippen molar-refractivity contribution in [3.8, 4) is 23.3 Å². The van der Waals surface area contributed by atoms with Gasteiger partial charge in [0.1, 0.15) is 13.2 Å². The fraction of sp³-hybridized carbons (Fsp3) is 0.375. The molecule has 1 fully saturated rings. The molecule has 0 radical (unpaired) electrons. The lowest BCUT2D eigenvalue weighted by Crippen LogP contribution is -2.45. The van der Waals surface area contributed by atoms with E-state index in [1.54, 1.807) is 37.4 Å². The third kappa shape index (κ3) is 2.86. The summed E-state index contributed by atoms with van der Waals surface area (Å²) in [6, 6.07) is 12.9. The van der Waals surface area contributed by atoms with E-state index in [2.05, 4.69) is 6.07 Å². The van der Waals surface area contributed by atoms with Crippen LogP contribution in [-0.2, 0) is 5.41 Å². The number of ether oxygens (including phenoxy) is 3. The average molecular weight is 418 g/mol.